The predicted octanol–water partition coefficient (Wildman–Crippen LogP) is 2.32. The molecule has 0 heterocycles. The molecule has 100 valence electrons. The van der Waals surface area contributed by atoms with Gasteiger partial charge in [-0.15, -0.1) is 0 Å². The first-order valence-corrected chi connectivity index (χ1v) is 7.11. The summed E-state index contributed by atoms with van der Waals surface area (Å²) in [6.07, 6.45) is 0.738. The van der Waals surface area contributed by atoms with Crippen molar-refractivity contribution >= 4 is 29.3 Å². The predicted molar refractivity (Wildman–Crippen MR) is 72.8 cm³/mol. The van der Waals surface area contributed by atoms with E-state index in [2.05, 4.69) is 5.32 Å². The fraction of sp³-hybridized carbons (Fsp3) is 0.417. The van der Waals surface area contributed by atoms with Crippen LogP contribution in [0, 0.1) is 5.82 Å². The van der Waals surface area contributed by atoms with Gasteiger partial charge in [0.1, 0.15) is 0 Å². The number of nitrogens with one attached hydrogen (secondary N) is 1. The topological polar surface area (TPSA) is 49.3 Å². The van der Waals surface area contributed by atoms with Crippen molar-refractivity contribution in [3.8, 4) is 0 Å². The molecule has 0 aliphatic rings. The number of hydrogen-bond acceptors (Lipinski definition) is 3. The van der Waals surface area contributed by atoms with Gasteiger partial charge in [0.15, 0.2) is 5.82 Å². The number of aliphatic hydroxyl groups is 1. The van der Waals surface area contributed by atoms with Crippen LogP contribution < -0.4 is 5.32 Å². The Morgan fingerprint density at radius 1 is 1.44 bits per heavy atom. The van der Waals surface area contributed by atoms with Gasteiger partial charge in [0.25, 0.3) is 5.91 Å². The summed E-state index contributed by atoms with van der Waals surface area (Å²) >= 11 is 7.22. The Balaban J connectivity index is 2.35. The van der Waals surface area contributed by atoms with Crippen LogP contribution in [0.15, 0.2) is 18.2 Å². The van der Waals surface area contributed by atoms with Crippen LogP contribution in [0.3, 0.4) is 0 Å². The fourth-order valence-corrected chi connectivity index (χ4v) is 2.24. The molecule has 0 aliphatic heterocycles. The zero-order valence-corrected chi connectivity index (χ0v) is 11.4. The van der Waals surface area contributed by atoms with Crippen LogP contribution in [-0.2, 0) is 0 Å². The Bertz CT molecular complexity index is 404. The van der Waals surface area contributed by atoms with Crippen molar-refractivity contribution in [2.75, 3.05) is 24.7 Å². The second-order valence-electron chi connectivity index (χ2n) is 3.55. The molecule has 0 unspecified atom stereocenters. The lowest BCUT2D eigenvalue weighted by molar-refractivity contribution is 0.0952. The number of aliphatic hydroxyl groups excluding tert-OH is 1. The second-order valence-corrected chi connectivity index (χ2v) is 5.18. The zero-order chi connectivity index (χ0) is 13.4. The number of hydrogen-bond donors (Lipinski definition) is 2. The Hall–Kier alpha value is -0.780. The summed E-state index contributed by atoms with van der Waals surface area (Å²) in [5.74, 6) is 0.425. The summed E-state index contributed by atoms with van der Waals surface area (Å²) in [7, 11) is 0. The first-order chi connectivity index (χ1) is 8.66. The van der Waals surface area contributed by atoms with Gasteiger partial charge >= 0.3 is 0 Å². The lowest BCUT2D eigenvalue weighted by Crippen LogP contribution is -2.26. The highest BCUT2D eigenvalue weighted by Crippen LogP contribution is 2.17. The molecule has 1 aromatic carbocycles. The fourth-order valence-electron chi connectivity index (χ4n) is 1.28. The average Bonchev–Trinajstić information content (AvgIpc) is 2.36. The lowest BCUT2D eigenvalue weighted by atomic mass is 10.2. The van der Waals surface area contributed by atoms with Gasteiger partial charge in [-0.2, -0.15) is 11.8 Å². The highest BCUT2D eigenvalue weighted by Gasteiger charge is 2.13. The number of halogens is 2. The molecule has 0 radical (unpaired) electrons. The Kier molecular flexibility index (Phi) is 7.08. The molecule has 2 N–H and O–H groups in total. The largest absolute Gasteiger partial charge is 0.396 e. The van der Waals surface area contributed by atoms with E-state index in [0.717, 1.165) is 17.9 Å². The maximum atomic E-state index is 13.5. The molecule has 1 aromatic rings. The number of carbonyl (C=O) groups is 1. The molecule has 0 atom stereocenters. The lowest BCUT2D eigenvalue weighted by Gasteiger charge is -2.06. The van der Waals surface area contributed by atoms with E-state index in [9.17, 15) is 9.18 Å². The van der Waals surface area contributed by atoms with E-state index >= 15 is 0 Å². The van der Waals surface area contributed by atoms with Crippen LogP contribution >= 0.6 is 23.4 Å². The van der Waals surface area contributed by atoms with Crippen LogP contribution in [0.5, 0.6) is 0 Å². The zero-order valence-electron chi connectivity index (χ0n) is 9.79. The van der Waals surface area contributed by atoms with E-state index in [1.54, 1.807) is 11.8 Å². The van der Waals surface area contributed by atoms with Crippen molar-refractivity contribution in [3.63, 3.8) is 0 Å². The summed E-state index contributed by atoms with van der Waals surface area (Å²) in [6.45, 7) is 0.633. The second kappa shape index (κ2) is 8.34. The molecular weight excluding hydrogens is 277 g/mol. The Labute approximate surface area is 115 Å². The normalized spacial score (nSPS) is 10.4. The molecule has 3 nitrogen and oxygen atoms in total. The van der Waals surface area contributed by atoms with E-state index in [1.807, 2.05) is 0 Å². The van der Waals surface area contributed by atoms with Gasteiger partial charge in [-0.1, -0.05) is 17.7 Å². The van der Waals surface area contributed by atoms with Crippen molar-refractivity contribution in [1.29, 1.82) is 0 Å². The molecular formula is C12H15ClFNO2S. The summed E-state index contributed by atoms with van der Waals surface area (Å²) in [5.41, 5.74) is -0.0390. The van der Waals surface area contributed by atoms with Gasteiger partial charge in [-0.3, -0.25) is 4.79 Å². The van der Waals surface area contributed by atoms with E-state index in [0.29, 0.717) is 6.54 Å². The van der Waals surface area contributed by atoms with Crippen LogP contribution in [0.25, 0.3) is 0 Å². The highest BCUT2D eigenvalue weighted by molar-refractivity contribution is 7.99. The Morgan fingerprint density at radius 3 is 2.94 bits per heavy atom. The van der Waals surface area contributed by atoms with Crippen molar-refractivity contribution in [3.05, 3.63) is 34.6 Å². The van der Waals surface area contributed by atoms with Gasteiger partial charge in [0.05, 0.1) is 10.6 Å². The summed E-state index contributed by atoms with van der Waals surface area (Å²) in [5, 5.41) is 11.1. The Morgan fingerprint density at radius 2 is 2.22 bits per heavy atom. The molecule has 1 rings (SSSR count). The van der Waals surface area contributed by atoms with E-state index in [1.165, 1.54) is 18.2 Å². The number of benzene rings is 1. The minimum absolute atomic E-state index is 0.0390. The van der Waals surface area contributed by atoms with Crippen molar-refractivity contribution in [2.24, 2.45) is 0 Å². The van der Waals surface area contributed by atoms with E-state index in [4.69, 9.17) is 16.7 Å². The molecule has 0 aliphatic carbocycles. The van der Waals surface area contributed by atoms with Gasteiger partial charge < -0.3 is 10.4 Å². The smallest absolute Gasteiger partial charge is 0.254 e. The van der Waals surface area contributed by atoms with Crippen LogP contribution in [-0.4, -0.2) is 35.7 Å². The first kappa shape index (κ1) is 15.3. The maximum absolute atomic E-state index is 13.5. The maximum Gasteiger partial charge on any atom is 0.254 e. The molecule has 6 heteroatoms. The van der Waals surface area contributed by atoms with E-state index in [-0.39, 0.29) is 17.2 Å². The highest BCUT2D eigenvalue weighted by atomic mass is 35.5. The molecule has 0 bridgehead atoms. The van der Waals surface area contributed by atoms with Crippen molar-refractivity contribution in [2.45, 2.75) is 6.42 Å². The van der Waals surface area contributed by atoms with Gasteiger partial charge in [-0.25, -0.2) is 4.39 Å². The summed E-state index contributed by atoms with van der Waals surface area (Å²) in [4.78, 5) is 11.6. The molecule has 0 saturated carbocycles. The SMILES string of the molecule is O=C(NCCSCCCO)c1cccc(Cl)c1F. The van der Waals surface area contributed by atoms with E-state index < -0.39 is 11.7 Å². The third kappa shape index (κ3) is 4.84. The average molecular weight is 292 g/mol. The van der Waals surface area contributed by atoms with Crippen molar-refractivity contribution < 1.29 is 14.3 Å². The number of amides is 1. The summed E-state index contributed by atoms with van der Waals surface area (Å²) < 4.78 is 13.5. The quantitative estimate of drug-likeness (QED) is 0.758. The minimum atomic E-state index is -0.690. The van der Waals surface area contributed by atoms with Gasteiger partial charge in [0.2, 0.25) is 0 Å². The summed E-state index contributed by atoms with van der Waals surface area (Å²) in [6, 6.07) is 4.34. The third-order valence-corrected chi connectivity index (χ3v) is 3.54. The minimum Gasteiger partial charge on any atom is -0.396 e. The van der Waals surface area contributed by atoms with Crippen LogP contribution in [0.1, 0.15) is 16.8 Å². The van der Waals surface area contributed by atoms with Crippen LogP contribution in [0.2, 0.25) is 5.02 Å². The molecule has 0 fully saturated rings. The molecule has 0 spiro atoms. The molecule has 0 saturated heterocycles. The van der Waals surface area contributed by atoms with Gasteiger partial charge in [-0.05, 0) is 24.3 Å². The number of thioether (sulfide) groups is 1. The third-order valence-electron chi connectivity index (χ3n) is 2.17. The molecule has 0 aromatic heterocycles. The number of carbonyl (C=O) groups excluding carboxylic acids is 1. The molecule has 1 amide bonds. The van der Waals surface area contributed by atoms with Crippen LogP contribution in [0.4, 0.5) is 4.39 Å². The standard InChI is InChI=1S/C12H15ClFNO2S/c13-10-4-1-3-9(11(10)14)12(17)15-5-8-18-7-2-6-16/h1,3-4,16H,2,5-8H2,(H,15,17). The van der Waals surface area contributed by atoms with Crippen molar-refractivity contribution in [1.82, 2.24) is 5.32 Å². The monoisotopic (exact) mass is 291 g/mol. The first-order valence-electron chi connectivity index (χ1n) is 5.57. The number of rotatable bonds is 7. The molecule has 18 heavy (non-hydrogen) atoms. The van der Waals surface area contributed by atoms with Gasteiger partial charge in [0, 0.05) is 18.9 Å².